The normalized spacial score (nSPS) is 13.6. The van der Waals surface area contributed by atoms with Crippen LogP contribution in [0.25, 0.3) is 0 Å². The smallest absolute Gasteiger partial charge is 0.160 e. The van der Waals surface area contributed by atoms with Gasteiger partial charge in [0, 0.05) is 5.54 Å². The maximum atomic E-state index is 13.4. The fourth-order valence-electron chi connectivity index (χ4n) is 2.36. The van der Waals surface area contributed by atoms with Crippen molar-refractivity contribution in [2.24, 2.45) is 5.73 Å². The molecule has 0 heterocycles. The molecule has 0 aliphatic heterocycles. The summed E-state index contributed by atoms with van der Waals surface area (Å²) in [6, 6.07) is 12.1. The van der Waals surface area contributed by atoms with Crippen LogP contribution >= 0.6 is 0 Å². The van der Waals surface area contributed by atoms with Gasteiger partial charge >= 0.3 is 0 Å². The highest BCUT2D eigenvalue weighted by molar-refractivity contribution is 5.43. The Kier molecular flexibility index (Phi) is 4.48. The fourth-order valence-corrected chi connectivity index (χ4v) is 2.36. The number of hydrogen-bond acceptors (Lipinski definition) is 3. The van der Waals surface area contributed by atoms with Crippen LogP contribution < -0.4 is 15.2 Å². The molecule has 21 heavy (non-hydrogen) atoms. The first-order valence-electron chi connectivity index (χ1n) is 6.72. The third-order valence-electron chi connectivity index (χ3n) is 3.50. The van der Waals surface area contributed by atoms with Crippen molar-refractivity contribution in [3.8, 4) is 11.5 Å². The highest BCUT2D eigenvalue weighted by Gasteiger charge is 2.22. The molecule has 0 aliphatic rings. The molecule has 112 valence electrons. The van der Waals surface area contributed by atoms with Crippen LogP contribution in [-0.4, -0.2) is 14.2 Å². The Hall–Kier alpha value is -2.07. The highest BCUT2D eigenvalue weighted by Crippen LogP contribution is 2.30. The van der Waals surface area contributed by atoms with Gasteiger partial charge in [0.1, 0.15) is 5.82 Å². The van der Waals surface area contributed by atoms with Gasteiger partial charge in [0.05, 0.1) is 14.2 Å². The van der Waals surface area contributed by atoms with E-state index in [1.807, 2.05) is 31.2 Å². The Morgan fingerprint density at radius 1 is 1.05 bits per heavy atom. The zero-order chi connectivity index (χ0) is 15.5. The summed E-state index contributed by atoms with van der Waals surface area (Å²) in [6.45, 7) is 1.89. The van der Waals surface area contributed by atoms with E-state index < -0.39 is 5.54 Å². The largest absolute Gasteiger partial charge is 0.493 e. The van der Waals surface area contributed by atoms with Crippen LogP contribution in [0.5, 0.6) is 11.5 Å². The second-order valence-electron chi connectivity index (χ2n) is 5.29. The zero-order valence-electron chi connectivity index (χ0n) is 12.5. The van der Waals surface area contributed by atoms with E-state index in [0.29, 0.717) is 17.9 Å². The van der Waals surface area contributed by atoms with E-state index in [9.17, 15) is 4.39 Å². The van der Waals surface area contributed by atoms with E-state index in [1.165, 1.54) is 12.1 Å². The van der Waals surface area contributed by atoms with Gasteiger partial charge in [-0.25, -0.2) is 4.39 Å². The van der Waals surface area contributed by atoms with E-state index in [0.717, 1.165) is 11.1 Å². The topological polar surface area (TPSA) is 44.5 Å². The number of ether oxygens (including phenoxy) is 2. The van der Waals surface area contributed by atoms with E-state index in [4.69, 9.17) is 15.2 Å². The van der Waals surface area contributed by atoms with Crippen LogP contribution in [-0.2, 0) is 12.0 Å². The lowest BCUT2D eigenvalue weighted by Crippen LogP contribution is -2.35. The summed E-state index contributed by atoms with van der Waals surface area (Å²) in [6.07, 6.45) is 0.566. The Balaban J connectivity index is 2.28. The van der Waals surface area contributed by atoms with Crippen LogP contribution in [0.4, 0.5) is 4.39 Å². The van der Waals surface area contributed by atoms with Crippen molar-refractivity contribution >= 4 is 0 Å². The molecule has 0 fully saturated rings. The number of rotatable bonds is 5. The summed E-state index contributed by atoms with van der Waals surface area (Å²) in [4.78, 5) is 0. The lowest BCUT2D eigenvalue weighted by Gasteiger charge is -2.26. The molecular weight excluding hydrogens is 269 g/mol. The van der Waals surface area contributed by atoms with Crippen molar-refractivity contribution in [1.29, 1.82) is 0 Å². The van der Waals surface area contributed by atoms with Gasteiger partial charge in [0.25, 0.3) is 0 Å². The van der Waals surface area contributed by atoms with Gasteiger partial charge in [-0.15, -0.1) is 0 Å². The van der Waals surface area contributed by atoms with Crippen molar-refractivity contribution in [3.05, 3.63) is 59.4 Å². The van der Waals surface area contributed by atoms with Gasteiger partial charge < -0.3 is 15.2 Å². The Morgan fingerprint density at radius 3 is 2.38 bits per heavy atom. The highest BCUT2D eigenvalue weighted by atomic mass is 19.1. The molecule has 3 nitrogen and oxygen atoms in total. The quantitative estimate of drug-likeness (QED) is 0.919. The van der Waals surface area contributed by atoms with Crippen LogP contribution in [0, 0.1) is 5.82 Å². The average molecular weight is 289 g/mol. The van der Waals surface area contributed by atoms with Crippen LogP contribution in [0.1, 0.15) is 18.1 Å². The summed E-state index contributed by atoms with van der Waals surface area (Å²) in [7, 11) is 3.19. The second kappa shape index (κ2) is 6.14. The minimum Gasteiger partial charge on any atom is -0.493 e. The molecule has 1 atom stereocenters. The van der Waals surface area contributed by atoms with Crippen LogP contribution in [0.15, 0.2) is 42.5 Å². The van der Waals surface area contributed by atoms with Crippen LogP contribution in [0.3, 0.4) is 0 Å². The third-order valence-corrected chi connectivity index (χ3v) is 3.50. The first kappa shape index (κ1) is 15.3. The molecule has 0 saturated heterocycles. The Bertz CT molecular complexity index is 626. The second-order valence-corrected chi connectivity index (χ2v) is 5.29. The first-order chi connectivity index (χ1) is 9.96. The molecule has 2 aromatic carbocycles. The van der Waals surface area contributed by atoms with E-state index >= 15 is 0 Å². The third kappa shape index (κ3) is 3.52. The van der Waals surface area contributed by atoms with Gasteiger partial charge in [0.2, 0.25) is 0 Å². The summed E-state index contributed by atoms with van der Waals surface area (Å²) in [5.74, 6) is 1.05. The molecule has 2 N–H and O–H groups in total. The standard InChI is InChI=1S/C17H20FNO2/c1-17(19,13-5-4-6-14(18)10-13)11-12-7-8-15(20-2)16(9-12)21-3/h4-10H,11,19H2,1-3H3. The van der Waals surface area contributed by atoms with Gasteiger partial charge in [-0.05, 0) is 48.7 Å². The number of halogens is 1. The Morgan fingerprint density at radius 2 is 1.76 bits per heavy atom. The molecule has 4 heteroatoms. The first-order valence-corrected chi connectivity index (χ1v) is 6.72. The minimum absolute atomic E-state index is 0.281. The maximum Gasteiger partial charge on any atom is 0.160 e. The van der Waals surface area contributed by atoms with Gasteiger partial charge in [-0.2, -0.15) is 0 Å². The molecular formula is C17H20FNO2. The summed E-state index contributed by atoms with van der Waals surface area (Å²) < 4.78 is 23.9. The minimum atomic E-state index is -0.665. The van der Waals surface area contributed by atoms with Crippen LogP contribution in [0.2, 0.25) is 0 Å². The van der Waals surface area contributed by atoms with E-state index in [2.05, 4.69) is 0 Å². The van der Waals surface area contributed by atoms with Crippen molar-refractivity contribution in [1.82, 2.24) is 0 Å². The predicted molar refractivity (Wildman–Crippen MR) is 81.2 cm³/mol. The molecule has 0 amide bonds. The average Bonchev–Trinajstić information content (AvgIpc) is 2.46. The molecule has 0 saturated carbocycles. The summed E-state index contributed by atoms with van der Waals surface area (Å²) >= 11 is 0. The molecule has 2 rings (SSSR count). The maximum absolute atomic E-state index is 13.4. The molecule has 0 radical (unpaired) electrons. The molecule has 2 aromatic rings. The van der Waals surface area contributed by atoms with Gasteiger partial charge in [-0.3, -0.25) is 0 Å². The van der Waals surface area contributed by atoms with Gasteiger partial charge in [-0.1, -0.05) is 18.2 Å². The zero-order valence-corrected chi connectivity index (χ0v) is 12.5. The Labute approximate surface area is 124 Å². The summed E-state index contributed by atoms with van der Waals surface area (Å²) in [5.41, 5.74) is 7.46. The van der Waals surface area contributed by atoms with E-state index in [-0.39, 0.29) is 5.82 Å². The lowest BCUT2D eigenvalue weighted by molar-refractivity contribution is 0.354. The predicted octanol–water partition coefficient (Wildman–Crippen LogP) is 3.26. The molecule has 0 aromatic heterocycles. The molecule has 1 unspecified atom stereocenters. The monoisotopic (exact) mass is 289 g/mol. The number of hydrogen-bond donors (Lipinski definition) is 1. The summed E-state index contributed by atoms with van der Waals surface area (Å²) in [5, 5.41) is 0. The fraction of sp³-hybridized carbons (Fsp3) is 0.294. The van der Waals surface area contributed by atoms with Crippen molar-refractivity contribution in [3.63, 3.8) is 0 Å². The van der Waals surface area contributed by atoms with E-state index in [1.54, 1.807) is 20.3 Å². The molecule has 0 spiro atoms. The van der Waals surface area contributed by atoms with Crippen molar-refractivity contribution in [2.75, 3.05) is 14.2 Å². The lowest BCUT2D eigenvalue weighted by atomic mass is 9.86. The SMILES string of the molecule is COc1ccc(CC(C)(N)c2cccc(F)c2)cc1OC. The number of methoxy groups -OCH3 is 2. The molecule has 0 aliphatic carbocycles. The molecule has 0 bridgehead atoms. The number of nitrogens with two attached hydrogens (primary N) is 1. The number of benzene rings is 2. The van der Waals surface area contributed by atoms with Crippen molar-refractivity contribution < 1.29 is 13.9 Å². The van der Waals surface area contributed by atoms with Gasteiger partial charge in [0.15, 0.2) is 11.5 Å². The van der Waals surface area contributed by atoms with Crippen molar-refractivity contribution in [2.45, 2.75) is 18.9 Å².